The predicted octanol–water partition coefficient (Wildman–Crippen LogP) is 2.04. The number of nitrogens with two attached hydrogens (primary N) is 1. The van der Waals surface area contributed by atoms with Crippen LogP contribution in [-0.4, -0.2) is 12.6 Å². The van der Waals surface area contributed by atoms with E-state index in [1.54, 1.807) is 12.1 Å². The molecule has 0 spiro atoms. The molecule has 0 heterocycles. The topological polar surface area (TPSA) is 38.0 Å². The van der Waals surface area contributed by atoms with Crippen LogP contribution < -0.4 is 11.1 Å². The minimum atomic E-state index is -0.193. The van der Waals surface area contributed by atoms with E-state index < -0.39 is 0 Å². The zero-order valence-electron chi connectivity index (χ0n) is 9.17. The third-order valence-corrected chi connectivity index (χ3v) is 2.31. The van der Waals surface area contributed by atoms with E-state index in [-0.39, 0.29) is 11.9 Å². The molecule has 84 valence electrons. The fourth-order valence-corrected chi connectivity index (χ4v) is 1.48. The first-order chi connectivity index (χ1) is 7.22. The van der Waals surface area contributed by atoms with Crippen molar-refractivity contribution >= 4 is 0 Å². The van der Waals surface area contributed by atoms with Crippen molar-refractivity contribution in [2.45, 2.75) is 32.4 Å². The number of benzene rings is 1. The molecule has 3 heteroatoms. The van der Waals surface area contributed by atoms with Crippen molar-refractivity contribution in [3.8, 4) is 0 Å². The van der Waals surface area contributed by atoms with Crippen LogP contribution in [0.15, 0.2) is 24.3 Å². The lowest BCUT2D eigenvalue weighted by atomic mass is 10.1. The summed E-state index contributed by atoms with van der Waals surface area (Å²) in [5.74, 6) is -0.193. The maximum absolute atomic E-state index is 12.6. The van der Waals surface area contributed by atoms with Gasteiger partial charge in [-0.15, -0.1) is 0 Å². The SMILES string of the molecule is CCC[C@H](N)CNCc1ccc(F)cc1. The Morgan fingerprint density at radius 2 is 2.00 bits per heavy atom. The van der Waals surface area contributed by atoms with Crippen molar-refractivity contribution in [3.05, 3.63) is 35.6 Å². The molecule has 2 nitrogen and oxygen atoms in total. The Kier molecular flexibility index (Phi) is 5.29. The molecule has 0 aliphatic carbocycles. The lowest BCUT2D eigenvalue weighted by molar-refractivity contribution is 0.538. The summed E-state index contributed by atoms with van der Waals surface area (Å²) in [5, 5.41) is 3.26. The molecule has 0 aromatic heterocycles. The van der Waals surface area contributed by atoms with Crippen LogP contribution >= 0.6 is 0 Å². The number of hydrogen-bond acceptors (Lipinski definition) is 2. The first kappa shape index (κ1) is 12.1. The quantitative estimate of drug-likeness (QED) is 0.754. The van der Waals surface area contributed by atoms with Gasteiger partial charge in [-0.25, -0.2) is 4.39 Å². The van der Waals surface area contributed by atoms with Crippen molar-refractivity contribution < 1.29 is 4.39 Å². The van der Waals surface area contributed by atoms with Gasteiger partial charge in [0.1, 0.15) is 5.82 Å². The van der Waals surface area contributed by atoms with Crippen LogP contribution in [0.1, 0.15) is 25.3 Å². The van der Waals surface area contributed by atoms with Gasteiger partial charge < -0.3 is 11.1 Å². The summed E-state index contributed by atoms with van der Waals surface area (Å²) < 4.78 is 12.6. The minimum Gasteiger partial charge on any atom is -0.327 e. The van der Waals surface area contributed by atoms with Gasteiger partial charge in [0.25, 0.3) is 0 Å². The second kappa shape index (κ2) is 6.53. The van der Waals surface area contributed by atoms with Gasteiger partial charge in [0.05, 0.1) is 0 Å². The highest BCUT2D eigenvalue weighted by atomic mass is 19.1. The summed E-state index contributed by atoms with van der Waals surface area (Å²) in [5.41, 5.74) is 6.93. The summed E-state index contributed by atoms with van der Waals surface area (Å²) in [6, 6.07) is 6.74. The third-order valence-electron chi connectivity index (χ3n) is 2.31. The molecule has 1 atom stereocenters. The van der Waals surface area contributed by atoms with E-state index in [4.69, 9.17) is 5.73 Å². The Bertz CT molecular complexity index is 271. The molecular formula is C12H19FN2. The Balaban J connectivity index is 2.22. The molecule has 15 heavy (non-hydrogen) atoms. The van der Waals surface area contributed by atoms with Gasteiger partial charge in [0, 0.05) is 19.1 Å². The van der Waals surface area contributed by atoms with E-state index in [0.29, 0.717) is 0 Å². The summed E-state index contributed by atoms with van der Waals surface area (Å²) in [6.45, 7) is 3.68. The molecule has 3 N–H and O–H groups in total. The first-order valence-corrected chi connectivity index (χ1v) is 5.43. The highest BCUT2D eigenvalue weighted by Gasteiger charge is 2.00. The molecule has 1 aromatic rings. The van der Waals surface area contributed by atoms with Crippen molar-refractivity contribution in [1.82, 2.24) is 5.32 Å². The van der Waals surface area contributed by atoms with Crippen molar-refractivity contribution in [2.75, 3.05) is 6.54 Å². The van der Waals surface area contributed by atoms with E-state index in [0.717, 1.165) is 31.5 Å². The fraction of sp³-hybridized carbons (Fsp3) is 0.500. The van der Waals surface area contributed by atoms with Gasteiger partial charge >= 0.3 is 0 Å². The van der Waals surface area contributed by atoms with E-state index in [2.05, 4.69) is 12.2 Å². The maximum Gasteiger partial charge on any atom is 0.123 e. The lowest BCUT2D eigenvalue weighted by Gasteiger charge is -2.11. The van der Waals surface area contributed by atoms with Gasteiger partial charge in [0.15, 0.2) is 0 Å². The van der Waals surface area contributed by atoms with Crippen LogP contribution in [0, 0.1) is 5.82 Å². The zero-order chi connectivity index (χ0) is 11.1. The number of rotatable bonds is 6. The lowest BCUT2D eigenvalue weighted by Crippen LogP contribution is -2.33. The smallest absolute Gasteiger partial charge is 0.123 e. The standard InChI is InChI=1S/C12H19FN2/c1-2-3-12(14)9-15-8-10-4-6-11(13)7-5-10/h4-7,12,15H,2-3,8-9,14H2,1H3/t12-/m0/s1. The molecule has 0 aliphatic heterocycles. The van der Waals surface area contributed by atoms with Gasteiger partial charge in [-0.1, -0.05) is 25.5 Å². The van der Waals surface area contributed by atoms with Crippen LogP contribution in [0.4, 0.5) is 4.39 Å². The molecule has 0 aliphatic rings. The molecule has 1 aromatic carbocycles. The highest BCUT2D eigenvalue weighted by Crippen LogP contribution is 2.02. The summed E-state index contributed by atoms with van der Waals surface area (Å²) in [7, 11) is 0. The fourth-order valence-electron chi connectivity index (χ4n) is 1.48. The molecule has 1 rings (SSSR count). The van der Waals surface area contributed by atoms with Crippen LogP contribution in [0.25, 0.3) is 0 Å². The molecule has 0 amide bonds. The predicted molar refractivity (Wildman–Crippen MR) is 61.0 cm³/mol. The molecule has 0 radical (unpaired) electrons. The molecule has 0 saturated heterocycles. The van der Waals surface area contributed by atoms with Crippen LogP contribution in [0.3, 0.4) is 0 Å². The zero-order valence-corrected chi connectivity index (χ0v) is 9.17. The Hall–Kier alpha value is -0.930. The highest BCUT2D eigenvalue weighted by molar-refractivity contribution is 5.15. The first-order valence-electron chi connectivity index (χ1n) is 5.43. The van der Waals surface area contributed by atoms with E-state index in [9.17, 15) is 4.39 Å². The average Bonchev–Trinajstić information content (AvgIpc) is 2.21. The minimum absolute atomic E-state index is 0.193. The molecule has 0 unspecified atom stereocenters. The molecular weight excluding hydrogens is 191 g/mol. The second-order valence-corrected chi connectivity index (χ2v) is 3.81. The van der Waals surface area contributed by atoms with Crippen molar-refractivity contribution in [1.29, 1.82) is 0 Å². The van der Waals surface area contributed by atoms with Gasteiger partial charge in [-0.2, -0.15) is 0 Å². The number of halogens is 1. The van der Waals surface area contributed by atoms with Crippen LogP contribution in [0.5, 0.6) is 0 Å². The van der Waals surface area contributed by atoms with E-state index in [1.165, 1.54) is 12.1 Å². The maximum atomic E-state index is 12.6. The van der Waals surface area contributed by atoms with Gasteiger partial charge in [-0.3, -0.25) is 0 Å². The van der Waals surface area contributed by atoms with E-state index in [1.807, 2.05) is 0 Å². The van der Waals surface area contributed by atoms with Crippen molar-refractivity contribution in [2.24, 2.45) is 5.73 Å². The van der Waals surface area contributed by atoms with Gasteiger partial charge in [0.2, 0.25) is 0 Å². The molecule has 0 fully saturated rings. The summed E-state index contributed by atoms with van der Waals surface area (Å²) in [4.78, 5) is 0. The Labute approximate surface area is 90.7 Å². The third kappa shape index (κ3) is 4.91. The van der Waals surface area contributed by atoms with Gasteiger partial charge in [-0.05, 0) is 24.1 Å². The molecule has 0 bridgehead atoms. The van der Waals surface area contributed by atoms with Crippen molar-refractivity contribution in [3.63, 3.8) is 0 Å². The van der Waals surface area contributed by atoms with Crippen LogP contribution in [0.2, 0.25) is 0 Å². The number of hydrogen-bond donors (Lipinski definition) is 2. The van der Waals surface area contributed by atoms with E-state index >= 15 is 0 Å². The monoisotopic (exact) mass is 210 g/mol. The number of nitrogens with one attached hydrogen (secondary N) is 1. The molecule has 0 saturated carbocycles. The summed E-state index contributed by atoms with van der Waals surface area (Å²) >= 11 is 0. The summed E-state index contributed by atoms with van der Waals surface area (Å²) in [6.07, 6.45) is 2.15. The van der Waals surface area contributed by atoms with Crippen LogP contribution in [-0.2, 0) is 6.54 Å². The Morgan fingerprint density at radius 1 is 1.33 bits per heavy atom. The largest absolute Gasteiger partial charge is 0.327 e. The Morgan fingerprint density at radius 3 is 2.60 bits per heavy atom. The normalized spacial score (nSPS) is 12.7. The second-order valence-electron chi connectivity index (χ2n) is 3.81. The average molecular weight is 210 g/mol.